The molecule has 0 aliphatic carbocycles. The van der Waals surface area contributed by atoms with E-state index in [0.29, 0.717) is 6.29 Å². The molecule has 0 amide bonds. The van der Waals surface area contributed by atoms with E-state index < -0.39 is 10.9 Å². The van der Waals surface area contributed by atoms with Gasteiger partial charge in [-0.1, -0.05) is 0 Å². The first-order valence-electron chi connectivity index (χ1n) is 2.53. The van der Waals surface area contributed by atoms with Crippen LogP contribution in [0.25, 0.3) is 0 Å². The Balaban J connectivity index is 3.26. The summed E-state index contributed by atoms with van der Waals surface area (Å²) in [5.41, 5.74) is 0.149. The van der Waals surface area contributed by atoms with Crippen LogP contribution in [0, 0.1) is 0 Å². The van der Waals surface area contributed by atoms with Gasteiger partial charge in [0, 0.05) is 6.20 Å². The molecule has 0 fully saturated rings. The van der Waals surface area contributed by atoms with Crippen LogP contribution in [-0.4, -0.2) is 18.7 Å². The predicted molar refractivity (Wildman–Crippen MR) is 35.5 cm³/mol. The second kappa shape index (κ2) is 2.66. The van der Waals surface area contributed by atoms with Gasteiger partial charge in [-0.25, -0.2) is 12.4 Å². The van der Waals surface area contributed by atoms with E-state index in [-0.39, 0.29) is 5.69 Å². The molecule has 0 atom stereocenters. The SMILES string of the molecule is O=Cc1cccn1[SH](=O)=O. The van der Waals surface area contributed by atoms with Crippen molar-refractivity contribution in [3.8, 4) is 0 Å². The zero-order chi connectivity index (χ0) is 7.56. The summed E-state index contributed by atoms with van der Waals surface area (Å²) in [6, 6.07) is 2.92. The molecule has 1 rings (SSSR count). The zero-order valence-electron chi connectivity index (χ0n) is 4.93. The van der Waals surface area contributed by atoms with Gasteiger partial charge < -0.3 is 0 Å². The predicted octanol–water partition coefficient (Wildman–Crippen LogP) is -0.325. The molecular formula is C5H5NO3S. The van der Waals surface area contributed by atoms with Gasteiger partial charge >= 0.3 is 0 Å². The fourth-order valence-electron chi connectivity index (χ4n) is 0.628. The molecule has 1 heterocycles. The van der Waals surface area contributed by atoms with Crippen LogP contribution < -0.4 is 0 Å². The van der Waals surface area contributed by atoms with E-state index in [0.717, 1.165) is 3.97 Å². The van der Waals surface area contributed by atoms with Gasteiger partial charge in [-0.05, 0) is 12.1 Å². The lowest BCUT2D eigenvalue weighted by molar-refractivity contribution is 0.111. The quantitative estimate of drug-likeness (QED) is 0.475. The molecule has 0 radical (unpaired) electrons. The molecule has 0 spiro atoms. The van der Waals surface area contributed by atoms with Crippen molar-refractivity contribution in [1.82, 2.24) is 3.97 Å². The van der Waals surface area contributed by atoms with Crippen molar-refractivity contribution < 1.29 is 13.2 Å². The third-order valence-electron chi connectivity index (χ3n) is 1.06. The maximum Gasteiger partial charge on any atom is 0.228 e. The highest BCUT2D eigenvalue weighted by molar-refractivity contribution is 7.70. The van der Waals surface area contributed by atoms with Crippen molar-refractivity contribution in [2.24, 2.45) is 0 Å². The maximum atomic E-state index is 10.3. The number of thiol groups is 1. The van der Waals surface area contributed by atoms with Crippen molar-refractivity contribution in [2.75, 3.05) is 0 Å². The van der Waals surface area contributed by atoms with Crippen LogP contribution >= 0.6 is 0 Å². The molecule has 0 aliphatic rings. The maximum absolute atomic E-state index is 10.3. The van der Waals surface area contributed by atoms with E-state index in [4.69, 9.17) is 0 Å². The Morgan fingerprint density at radius 2 is 2.20 bits per heavy atom. The third-order valence-corrected chi connectivity index (χ3v) is 1.77. The summed E-state index contributed by atoms with van der Waals surface area (Å²) in [5, 5.41) is 0. The van der Waals surface area contributed by atoms with Gasteiger partial charge in [-0.3, -0.25) is 4.79 Å². The topological polar surface area (TPSA) is 56.1 Å². The highest BCUT2D eigenvalue weighted by Crippen LogP contribution is 1.96. The smallest absolute Gasteiger partial charge is 0.228 e. The zero-order valence-corrected chi connectivity index (χ0v) is 5.82. The number of aromatic nitrogens is 1. The Bertz CT molecular complexity index is 304. The molecule has 0 aliphatic heterocycles. The molecule has 0 bridgehead atoms. The van der Waals surface area contributed by atoms with Gasteiger partial charge in [0.05, 0.1) is 5.69 Å². The van der Waals surface area contributed by atoms with E-state index in [9.17, 15) is 13.2 Å². The normalized spacial score (nSPS) is 10.1. The Labute approximate surface area is 59.2 Å². The standard InChI is InChI=1S/C5H5NO3S/c7-4-5-2-1-3-6(5)10(8)9/h1-4,10H. The number of rotatable bonds is 2. The molecule has 10 heavy (non-hydrogen) atoms. The summed E-state index contributed by atoms with van der Waals surface area (Å²) in [7, 11) is -2.70. The van der Waals surface area contributed by atoms with Gasteiger partial charge in [-0.2, -0.15) is 0 Å². The van der Waals surface area contributed by atoms with E-state index >= 15 is 0 Å². The first kappa shape index (κ1) is 7.01. The number of carbonyl (C=O) groups excluding carboxylic acids is 1. The van der Waals surface area contributed by atoms with Gasteiger partial charge in [0.2, 0.25) is 10.9 Å². The van der Waals surface area contributed by atoms with Crippen molar-refractivity contribution in [3.63, 3.8) is 0 Å². The second-order valence-corrected chi connectivity index (χ2v) is 2.54. The van der Waals surface area contributed by atoms with Crippen LogP contribution in [-0.2, 0) is 10.9 Å². The first-order chi connectivity index (χ1) is 4.75. The van der Waals surface area contributed by atoms with E-state index in [1.54, 1.807) is 0 Å². The Kier molecular flexibility index (Phi) is 1.86. The Morgan fingerprint density at radius 1 is 1.50 bits per heavy atom. The molecule has 4 nitrogen and oxygen atoms in total. The van der Waals surface area contributed by atoms with Crippen LogP contribution in [0.4, 0.5) is 0 Å². The molecule has 5 heteroatoms. The molecule has 0 aromatic carbocycles. The summed E-state index contributed by atoms with van der Waals surface area (Å²) in [4.78, 5) is 10.1. The summed E-state index contributed by atoms with van der Waals surface area (Å²) < 4.78 is 21.5. The van der Waals surface area contributed by atoms with Gasteiger partial charge in [0.15, 0.2) is 6.29 Å². The molecule has 1 aromatic heterocycles. The monoisotopic (exact) mass is 159 g/mol. The minimum atomic E-state index is -2.70. The van der Waals surface area contributed by atoms with Gasteiger partial charge in [0.1, 0.15) is 0 Å². The first-order valence-corrected chi connectivity index (χ1v) is 3.66. The highest BCUT2D eigenvalue weighted by Gasteiger charge is 1.97. The summed E-state index contributed by atoms with van der Waals surface area (Å²) in [5.74, 6) is 0. The van der Waals surface area contributed by atoms with Crippen LogP contribution in [0.3, 0.4) is 0 Å². The van der Waals surface area contributed by atoms with Crippen molar-refractivity contribution >= 4 is 17.2 Å². The van der Waals surface area contributed by atoms with Crippen LogP contribution in [0.1, 0.15) is 10.5 Å². The number of hydrogen-bond acceptors (Lipinski definition) is 3. The van der Waals surface area contributed by atoms with Crippen LogP contribution in [0.2, 0.25) is 0 Å². The average Bonchev–Trinajstić information content (AvgIpc) is 2.33. The number of aldehydes is 1. The third kappa shape index (κ3) is 1.08. The lowest BCUT2D eigenvalue weighted by Crippen LogP contribution is -1.97. The number of nitrogens with zero attached hydrogens (tertiary/aromatic N) is 1. The van der Waals surface area contributed by atoms with Crippen molar-refractivity contribution in [2.45, 2.75) is 0 Å². The highest BCUT2D eigenvalue weighted by atomic mass is 32.2. The Morgan fingerprint density at radius 3 is 2.60 bits per heavy atom. The molecule has 0 saturated carbocycles. The molecule has 1 aromatic rings. The fourth-order valence-corrected chi connectivity index (χ4v) is 1.12. The summed E-state index contributed by atoms with van der Waals surface area (Å²) in [6.45, 7) is 0. The number of carbonyl (C=O) groups is 1. The van der Waals surface area contributed by atoms with E-state index in [2.05, 4.69) is 0 Å². The Hall–Kier alpha value is -1.10. The van der Waals surface area contributed by atoms with Crippen molar-refractivity contribution in [3.05, 3.63) is 24.0 Å². The number of hydrogen-bond donors (Lipinski definition) is 1. The van der Waals surface area contributed by atoms with E-state index in [1.165, 1.54) is 18.3 Å². The molecule has 0 N–H and O–H groups in total. The lowest BCUT2D eigenvalue weighted by Gasteiger charge is -1.89. The average molecular weight is 159 g/mol. The van der Waals surface area contributed by atoms with Crippen LogP contribution in [0.15, 0.2) is 18.3 Å². The van der Waals surface area contributed by atoms with Gasteiger partial charge in [-0.15, -0.1) is 0 Å². The summed E-state index contributed by atoms with van der Waals surface area (Å²) >= 11 is 0. The summed E-state index contributed by atoms with van der Waals surface area (Å²) in [6.07, 6.45) is 1.81. The minimum Gasteiger partial charge on any atom is -0.296 e. The minimum absolute atomic E-state index is 0.149. The molecule has 0 unspecified atom stereocenters. The largest absolute Gasteiger partial charge is 0.296 e. The second-order valence-electron chi connectivity index (χ2n) is 1.63. The molecular weight excluding hydrogens is 154 g/mol. The molecule has 0 saturated heterocycles. The van der Waals surface area contributed by atoms with Crippen LogP contribution in [0.5, 0.6) is 0 Å². The van der Waals surface area contributed by atoms with Gasteiger partial charge in [0.25, 0.3) is 0 Å². The lowest BCUT2D eigenvalue weighted by atomic mass is 10.5. The fraction of sp³-hybridized carbons (Fsp3) is 0. The van der Waals surface area contributed by atoms with Crippen molar-refractivity contribution in [1.29, 1.82) is 0 Å². The van der Waals surface area contributed by atoms with E-state index in [1.807, 2.05) is 0 Å². The molecule has 54 valence electrons.